The molecule has 2 amide bonds. The van der Waals surface area contributed by atoms with E-state index >= 15 is 0 Å². The van der Waals surface area contributed by atoms with Crippen LogP contribution in [0.1, 0.15) is 16.7 Å². The van der Waals surface area contributed by atoms with Crippen LogP contribution in [-0.2, 0) is 16.0 Å². The number of thiocarbonyl (C=S) groups is 1. The smallest absolute Gasteiger partial charge is 0.270 e. The highest BCUT2D eigenvalue weighted by atomic mass is 35.5. The number of aromatic hydroxyl groups is 1. The van der Waals surface area contributed by atoms with Crippen molar-refractivity contribution in [3.05, 3.63) is 70.3 Å². The van der Waals surface area contributed by atoms with Crippen molar-refractivity contribution < 1.29 is 19.4 Å². The Balaban J connectivity index is 2.10. The van der Waals surface area contributed by atoms with Crippen LogP contribution in [0.5, 0.6) is 11.5 Å². The van der Waals surface area contributed by atoms with Crippen molar-refractivity contribution in [1.29, 1.82) is 0 Å². The lowest BCUT2D eigenvalue weighted by molar-refractivity contribution is -0.122. The van der Waals surface area contributed by atoms with Gasteiger partial charge in [0.2, 0.25) is 0 Å². The quantitative estimate of drug-likeness (QED) is 0.317. The summed E-state index contributed by atoms with van der Waals surface area (Å²) in [6.07, 6.45) is 3.45. The molecule has 1 aliphatic rings. The van der Waals surface area contributed by atoms with Crippen LogP contribution in [0, 0.1) is 6.92 Å². The van der Waals surface area contributed by atoms with Crippen molar-refractivity contribution in [3.8, 4) is 11.5 Å². The summed E-state index contributed by atoms with van der Waals surface area (Å²) in [6.45, 7) is 5.44. The van der Waals surface area contributed by atoms with Crippen molar-refractivity contribution in [2.45, 2.75) is 13.3 Å². The second-order valence-electron chi connectivity index (χ2n) is 6.57. The lowest BCUT2D eigenvalue weighted by Crippen LogP contribution is -2.54. The van der Waals surface area contributed by atoms with Crippen LogP contribution < -0.4 is 15.0 Å². The Labute approximate surface area is 184 Å². The Kier molecular flexibility index (Phi) is 6.24. The summed E-state index contributed by atoms with van der Waals surface area (Å²) in [5, 5.41) is 13.3. The van der Waals surface area contributed by atoms with Gasteiger partial charge < -0.3 is 9.84 Å². The number of allylic oxidation sites excluding steroid dienone is 1. The first-order valence-electron chi connectivity index (χ1n) is 8.95. The topological polar surface area (TPSA) is 78.9 Å². The van der Waals surface area contributed by atoms with Gasteiger partial charge >= 0.3 is 0 Å². The highest BCUT2D eigenvalue weighted by molar-refractivity contribution is 7.80. The number of nitrogens with one attached hydrogen (secondary N) is 1. The summed E-state index contributed by atoms with van der Waals surface area (Å²) in [6, 6.07) is 8.31. The first-order valence-corrected chi connectivity index (χ1v) is 9.74. The van der Waals surface area contributed by atoms with E-state index in [2.05, 4.69) is 11.9 Å². The van der Waals surface area contributed by atoms with Gasteiger partial charge in [0, 0.05) is 10.6 Å². The van der Waals surface area contributed by atoms with Crippen LogP contribution in [0.3, 0.4) is 0 Å². The molecular weight excluding hydrogens is 424 g/mol. The van der Waals surface area contributed by atoms with Crippen molar-refractivity contribution >= 4 is 52.5 Å². The summed E-state index contributed by atoms with van der Waals surface area (Å²) in [4.78, 5) is 27.0. The molecule has 1 saturated heterocycles. The third kappa shape index (κ3) is 3.94. The maximum absolute atomic E-state index is 13.2. The number of carbonyl (C=O) groups excluding carboxylic acids is 2. The number of methoxy groups -OCH3 is 1. The molecule has 30 heavy (non-hydrogen) atoms. The number of benzene rings is 2. The number of anilines is 1. The van der Waals surface area contributed by atoms with Crippen LogP contribution in [0.4, 0.5) is 5.69 Å². The fourth-order valence-corrected chi connectivity index (χ4v) is 3.56. The molecule has 2 N–H and O–H groups in total. The molecule has 3 rings (SSSR count). The maximum atomic E-state index is 13.2. The molecule has 0 aliphatic carbocycles. The zero-order chi connectivity index (χ0) is 22.0. The number of phenolic OH excluding ortho intramolecular Hbond substituents is 1. The number of halogens is 1. The van der Waals surface area contributed by atoms with Gasteiger partial charge in [0.05, 0.1) is 12.8 Å². The standard InChI is InChI=1S/C22H19ClN2O4S/c1-4-6-14-9-13(11-18(29-3)19(14)26)10-15-20(27)24-22(30)25(21(15)28)17-8-5-7-16(23)12(17)2/h4-5,7-11,26H,1,6H2,2-3H3,(H,24,27,30)/b15-10+. The maximum Gasteiger partial charge on any atom is 0.270 e. The van der Waals surface area contributed by atoms with Crippen molar-refractivity contribution in [3.63, 3.8) is 0 Å². The predicted octanol–water partition coefficient (Wildman–Crippen LogP) is 3.92. The van der Waals surface area contributed by atoms with Crippen LogP contribution in [0.25, 0.3) is 6.08 Å². The van der Waals surface area contributed by atoms with E-state index in [9.17, 15) is 14.7 Å². The van der Waals surface area contributed by atoms with Gasteiger partial charge in [-0.1, -0.05) is 23.7 Å². The number of rotatable bonds is 5. The Bertz CT molecular complexity index is 1110. The van der Waals surface area contributed by atoms with E-state index in [0.29, 0.717) is 33.8 Å². The minimum absolute atomic E-state index is 0.0173. The summed E-state index contributed by atoms with van der Waals surface area (Å²) in [7, 11) is 1.42. The van der Waals surface area contributed by atoms with Crippen LogP contribution >= 0.6 is 23.8 Å². The molecule has 1 fully saturated rings. The predicted molar refractivity (Wildman–Crippen MR) is 121 cm³/mol. The zero-order valence-corrected chi connectivity index (χ0v) is 17.9. The summed E-state index contributed by atoms with van der Waals surface area (Å²) < 4.78 is 5.21. The van der Waals surface area contributed by atoms with E-state index in [1.807, 2.05) is 0 Å². The van der Waals surface area contributed by atoms with Gasteiger partial charge in [-0.15, -0.1) is 6.58 Å². The number of hydrogen-bond donors (Lipinski definition) is 2. The van der Waals surface area contributed by atoms with Gasteiger partial charge in [-0.05, 0) is 67.0 Å². The average Bonchev–Trinajstić information content (AvgIpc) is 2.70. The number of hydrogen-bond acceptors (Lipinski definition) is 5. The van der Waals surface area contributed by atoms with E-state index in [0.717, 1.165) is 0 Å². The Morgan fingerprint density at radius 3 is 2.73 bits per heavy atom. The number of ether oxygens (including phenoxy) is 1. The van der Waals surface area contributed by atoms with Crippen LogP contribution in [0.2, 0.25) is 5.02 Å². The van der Waals surface area contributed by atoms with Crippen molar-refractivity contribution in [2.75, 3.05) is 12.0 Å². The largest absolute Gasteiger partial charge is 0.504 e. The average molecular weight is 443 g/mol. The Morgan fingerprint density at radius 1 is 1.33 bits per heavy atom. The molecule has 0 bridgehead atoms. The SMILES string of the molecule is C=CCc1cc(/C=C2\C(=O)NC(=S)N(c3cccc(Cl)c3C)C2=O)cc(OC)c1O. The molecule has 0 spiro atoms. The molecule has 0 radical (unpaired) electrons. The molecule has 0 unspecified atom stereocenters. The minimum atomic E-state index is -0.613. The van der Waals surface area contributed by atoms with Crippen LogP contribution in [-0.4, -0.2) is 29.1 Å². The number of carbonyl (C=O) groups is 2. The molecular formula is C22H19ClN2O4S. The second-order valence-corrected chi connectivity index (χ2v) is 7.36. The minimum Gasteiger partial charge on any atom is -0.504 e. The highest BCUT2D eigenvalue weighted by Crippen LogP contribution is 2.34. The molecule has 1 heterocycles. The van der Waals surface area contributed by atoms with Gasteiger partial charge in [0.1, 0.15) is 5.57 Å². The molecule has 1 aliphatic heterocycles. The van der Waals surface area contributed by atoms with E-state index in [4.69, 9.17) is 28.6 Å². The van der Waals surface area contributed by atoms with Crippen molar-refractivity contribution in [1.82, 2.24) is 5.32 Å². The zero-order valence-electron chi connectivity index (χ0n) is 16.4. The molecule has 0 aromatic heterocycles. The molecule has 2 aromatic carbocycles. The Morgan fingerprint density at radius 2 is 2.07 bits per heavy atom. The first kappa shape index (κ1) is 21.5. The number of nitrogens with zero attached hydrogens (tertiary/aromatic N) is 1. The van der Waals surface area contributed by atoms with E-state index in [1.165, 1.54) is 24.2 Å². The third-order valence-electron chi connectivity index (χ3n) is 4.65. The van der Waals surface area contributed by atoms with Gasteiger partial charge in [-0.3, -0.25) is 19.8 Å². The van der Waals surface area contributed by atoms with E-state index < -0.39 is 11.8 Å². The van der Waals surface area contributed by atoms with E-state index in [-0.39, 0.29) is 22.2 Å². The van der Waals surface area contributed by atoms with Gasteiger partial charge in [0.15, 0.2) is 16.6 Å². The first-order chi connectivity index (χ1) is 14.3. The van der Waals surface area contributed by atoms with Crippen LogP contribution in [0.15, 0.2) is 48.6 Å². The lowest BCUT2D eigenvalue weighted by atomic mass is 10.0. The van der Waals surface area contributed by atoms with Gasteiger partial charge in [-0.25, -0.2) is 0 Å². The number of phenols is 1. The molecule has 8 heteroatoms. The molecule has 2 aromatic rings. The van der Waals surface area contributed by atoms with Crippen molar-refractivity contribution in [2.24, 2.45) is 0 Å². The van der Waals surface area contributed by atoms with Gasteiger partial charge in [-0.2, -0.15) is 0 Å². The van der Waals surface area contributed by atoms with Gasteiger partial charge in [0.25, 0.3) is 11.8 Å². The monoisotopic (exact) mass is 442 g/mol. The Hall–Kier alpha value is -3.16. The summed E-state index contributed by atoms with van der Waals surface area (Å²) >= 11 is 11.4. The molecule has 6 nitrogen and oxygen atoms in total. The highest BCUT2D eigenvalue weighted by Gasteiger charge is 2.35. The fraction of sp³-hybridized carbons (Fsp3) is 0.136. The molecule has 154 valence electrons. The fourth-order valence-electron chi connectivity index (χ4n) is 3.12. The lowest BCUT2D eigenvalue weighted by Gasteiger charge is -2.30. The molecule has 0 atom stereocenters. The third-order valence-corrected chi connectivity index (χ3v) is 5.35. The normalized spacial score (nSPS) is 15.4. The summed E-state index contributed by atoms with van der Waals surface area (Å²) in [5.41, 5.74) is 2.10. The van der Waals surface area contributed by atoms with E-state index in [1.54, 1.807) is 37.3 Å². The molecule has 0 saturated carbocycles. The second kappa shape index (κ2) is 8.69. The number of amides is 2. The summed E-state index contributed by atoms with van der Waals surface area (Å²) in [5.74, 6) is -0.982.